The van der Waals surface area contributed by atoms with E-state index in [0.717, 1.165) is 6.42 Å². The van der Waals surface area contributed by atoms with Crippen LogP contribution in [0, 0.1) is 17.6 Å². The monoisotopic (exact) mass is 450 g/mol. The zero-order valence-electron chi connectivity index (χ0n) is 17.8. The van der Waals surface area contributed by atoms with Crippen LogP contribution >= 0.6 is 0 Å². The highest BCUT2D eigenvalue weighted by Crippen LogP contribution is 2.11. The van der Waals surface area contributed by atoms with E-state index in [-0.39, 0.29) is 41.7 Å². The second-order valence-corrected chi connectivity index (χ2v) is 5.89. The van der Waals surface area contributed by atoms with Gasteiger partial charge in [-0.1, -0.05) is 32.9 Å². The number of benzene rings is 2. The molecule has 0 aliphatic heterocycles. The first-order chi connectivity index (χ1) is 15.2. The van der Waals surface area contributed by atoms with E-state index in [2.05, 4.69) is 10.6 Å². The number of hydrogen-bond acceptors (Lipinski definition) is 6. The minimum atomic E-state index is -0.344. The Balaban J connectivity index is 0. The topological polar surface area (TPSA) is 126 Å². The smallest absolute Gasteiger partial charge is 0.326 e. The van der Waals surface area contributed by atoms with Crippen molar-refractivity contribution >= 4 is 35.5 Å². The molecule has 0 aliphatic carbocycles. The summed E-state index contributed by atoms with van der Waals surface area (Å²) < 4.78 is 25.3. The zero-order chi connectivity index (χ0) is 24.9. The van der Waals surface area contributed by atoms with Crippen LogP contribution in [0.15, 0.2) is 48.5 Å². The van der Waals surface area contributed by atoms with Crippen molar-refractivity contribution in [3.63, 3.8) is 0 Å². The van der Waals surface area contributed by atoms with Gasteiger partial charge in [0.25, 0.3) is 0 Å². The molecule has 2 aromatic carbocycles. The van der Waals surface area contributed by atoms with Crippen LogP contribution in [0.2, 0.25) is 0 Å². The van der Waals surface area contributed by atoms with Crippen molar-refractivity contribution in [2.24, 2.45) is 5.92 Å². The van der Waals surface area contributed by atoms with Crippen molar-refractivity contribution < 1.29 is 37.5 Å². The fourth-order valence-corrected chi connectivity index (χ4v) is 1.83. The molecule has 0 radical (unpaired) electrons. The lowest BCUT2D eigenvalue weighted by Gasteiger charge is -2.09. The van der Waals surface area contributed by atoms with Gasteiger partial charge < -0.3 is 10.6 Å². The molecule has 2 rings (SSSR count). The van der Waals surface area contributed by atoms with Gasteiger partial charge in [-0.15, -0.1) is 0 Å². The Morgan fingerprint density at radius 2 is 1.25 bits per heavy atom. The van der Waals surface area contributed by atoms with Crippen LogP contribution < -0.4 is 10.6 Å². The van der Waals surface area contributed by atoms with E-state index in [0.29, 0.717) is 17.8 Å². The SMILES string of the molecule is CCC(=O)Nc1cccc(F)c1.CCC(C)C(=O)Nc1cccc(F)c1.O=C=O.O=C=O. The van der Waals surface area contributed by atoms with Crippen LogP contribution in [-0.4, -0.2) is 24.1 Å². The second-order valence-electron chi connectivity index (χ2n) is 5.89. The highest BCUT2D eigenvalue weighted by atomic mass is 19.1. The number of carbonyl (C=O) groups excluding carboxylic acids is 6. The van der Waals surface area contributed by atoms with E-state index < -0.39 is 0 Å². The summed E-state index contributed by atoms with van der Waals surface area (Å²) in [5, 5.41) is 5.21. The van der Waals surface area contributed by atoms with Gasteiger partial charge in [-0.05, 0) is 42.8 Å². The largest absolute Gasteiger partial charge is 0.373 e. The normalized spacial score (nSPS) is 9.41. The Morgan fingerprint density at radius 3 is 1.59 bits per heavy atom. The Bertz CT molecular complexity index is 897. The molecular formula is C22H24F2N2O6. The number of hydrogen-bond donors (Lipinski definition) is 2. The van der Waals surface area contributed by atoms with E-state index in [1.54, 1.807) is 31.2 Å². The minimum absolute atomic E-state index is 0.0433. The summed E-state index contributed by atoms with van der Waals surface area (Å²) in [6.45, 7) is 5.53. The fourth-order valence-electron chi connectivity index (χ4n) is 1.83. The molecule has 1 atom stereocenters. The lowest BCUT2D eigenvalue weighted by atomic mass is 10.1. The number of nitrogens with one attached hydrogen (secondary N) is 2. The van der Waals surface area contributed by atoms with Gasteiger partial charge in [0.05, 0.1) is 0 Å². The van der Waals surface area contributed by atoms with Gasteiger partial charge >= 0.3 is 12.3 Å². The first kappa shape index (κ1) is 30.2. The van der Waals surface area contributed by atoms with Crippen molar-refractivity contribution in [1.29, 1.82) is 0 Å². The zero-order valence-corrected chi connectivity index (χ0v) is 17.8. The molecule has 0 fully saturated rings. The molecule has 2 N–H and O–H groups in total. The van der Waals surface area contributed by atoms with Crippen molar-refractivity contribution in [1.82, 2.24) is 0 Å². The Hall–Kier alpha value is -4.00. The van der Waals surface area contributed by atoms with Crippen LogP contribution in [0.4, 0.5) is 20.2 Å². The quantitative estimate of drug-likeness (QED) is 0.713. The van der Waals surface area contributed by atoms with E-state index in [4.69, 9.17) is 19.2 Å². The predicted octanol–water partition coefficient (Wildman–Crippen LogP) is 3.82. The molecule has 0 heterocycles. The van der Waals surface area contributed by atoms with E-state index >= 15 is 0 Å². The number of amides is 2. The van der Waals surface area contributed by atoms with E-state index in [1.807, 2.05) is 13.8 Å². The summed E-state index contributed by atoms with van der Waals surface area (Å²) in [4.78, 5) is 54.8. The number of rotatable bonds is 5. The maximum Gasteiger partial charge on any atom is 0.373 e. The summed E-state index contributed by atoms with van der Waals surface area (Å²) in [5.74, 6) is -0.909. The summed E-state index contributed by atoms with van der Waals surface area (Å²) in [6, 6.07) is 11.7. The van der Waals surface area contributed by atoms with Crippen LogP contribution in [0.1, 0.15) is 33.6 Å². The lowest BCUT2D eigenvalue weighted by Crippen LogP contribution is -2.19. The third-order valence-electron chi connectivity index (χ3n) is 3.58. The summed E-state index contributed by atoms with van der Waals surface area (Å²) in [5.41, 5.74) is 1.01. The van der Waals surface area contributed by atoms with Gasteiger partial charge in [0.15, 0.2) is 0 Å². The molecule has 0 aromatic heterocycles. The molecule has 0 saturated heterocycles. The lowest BCUT2D eigenvalue weighted by molar-refractivity contribution is -0.193. The summed E-state index contributed by atoms with van der Waals surface area (Å²) >= 11 is 0. The second kappa shape index (κ2) is 19.0. The van der Waals surface area contributed by atoms with Crippen molar-refractivity contribution in [2.75, 3.05) is 10.6 Å². The van der Waals surface area contributed by atoms with Crippen molar-refractivity contribution in [3.8, 4) is 0 Å². The fraction of sp³-hybridized carbons (Fsp3) is 0.273. The Morgan fingerprint density at radius 1 is 0.844 bits per heavy atom. The highest BCUT2D eigenvalue weighted by molar-refractivity contribution is 5.92. The highest BCUT2D eigenvalue weighted by Gasteiger charge is 2.10. The number of carbonyl (C=O) groups is 2. The molecule has 10 heteroatoms. The van der Waals surface area contributed by atoms with Gasteiger partial charge in [0.2, 0.25) is 11.8 Å². The molecule has 8 nitrogen and oxygen atoms in total. The molecule has 0 saturated carbocycles. The summed E-state index contributed by atoms with van der Waals surface area (Å²) in [7, 11) is 0. The van der Waals surface area contributed by atoms with E-state index in [1.165, 1.54) is 24.3 Å². The van der Waals surface area contributed by atoms with Gasteiger partial charge in [-0.2, -0.15) is 19.2 Å². The third kappa shape index (κ3) is 15.9. The Labute approximate surface area is 184 Å². The van der Waals surface area contributed by atoms with E-state index in [9.17, 15) is 18.4 Å². The minimum Gasteiger partial charge on any atom is -0.326 e. The number of anilines is 2. The van der Waals surface area contributed by atoms with Gasteiger partial charge in [0.1, 0.15) is 11.6 Å². The van der Waals surface area contributed by atoms with Crippen LogP contribution in [-0.2, 0) is 28.8 Å². The molecule has 2 aromatic rings. The van der Waals surface area contributed by atoms with Gasteiger partial charge in [-0.25, -0.2) is 8.78 Å². The van der Waals surface area contributed by atoms with Gasteiger partial charge in [-0.3, -0.25) is 9.59 Å². The predicted molar refractivity (Wildman–Crippen MR) is 110 cm³/mol. The molecule has 172 valence electrons. The molecule has 2 amide bonds. The van der Waals surface area contributed by atoms with Crippen LogP contribution in [0.3, 0.4) is 0 Å². The van der Waals surface area contributed by atoms with Crippen molar-refractivity contribution in [2.45, 2.75) is 33.6 Å². The third-order valence-corrected chi connectivity index (χ3v) is 3.58. The molecule has 0 aliphatic rings. The molecular weight excluding hydrogens is 426 g/mol. The summed E-state index contributed by atoms with van der Waals surface area (Å²) in [6.07, 6.45) is 1.68. The molecule has 32 heavy (non-hydrogen) atoms. The van der Waals surface area contributed by atoms with Gasteiger partial charge in [0, 0.05) is 23.7 Å². The molecule has 1 unspecified atom stereocenters. The average Bonchev–Trinajstić information content (AvgIpc) is 2.74. The van der Waals surface area contributed by atoms with Crippen LogP contribution in [0.5, 0.6) is 0 Å². The number of halogens is 2. The maximum atomic E-state index is 12.7. The molecule has 0 bridgehead atoms. The maximum absolute atomic E-state index is 12.7. The first-order valence-electron chi connectivity index (χ1n) is 9.29. The first-order valence-corrected chi connectivity index (χ1v) is 9.29. The van der Waals surface area contributed by atoms with Crippen LogP contribution in [0.25, 0.3) is 0 Å². The average molecular weight is 450 g/mol. The molecule has 0 spiro atoms. The van der Waals surface area contributed by atoms with Crippen molar-refractivity contribution in [3.05, 3.63) is 60.2 Å². The Kier molecular flexibility index (Phi) is 17.9. The standard InChI is InChI=1S/C11H14FNO.C9H10FNO.2CO2/c1-3-8(2)11(14)13-10-6-4-5-9(12)7-10;1-2-9(12)11-8-5-3-4-7(10)6-8;2*2-1-3/h4-8H,3H2,1-2H3,(H,13,14);3-6H,2H2,1H3,(H,11,12);;.